The maximum absolute atomic E-state index is 13.2. The fourth-order valence-electron chi connectivity index (χ4n) is 3.47. The molecule has 0 aromatic heterocycles. The minimum atomic E-state index is -3.77. The van der Waals surface area contributed by atoms with E-state index < -0.39 is 22.2 Å². The number of sulfonamides is 1. The Morgan fingerprint density at radius 3 is 2.27 bits per heavy atom. The first-order valence-electron chi connectivity index (χ1n) is 9.64. The van der Waals surface area contributed by atoms with Gasteiger partial charge in [-0.1, -0.05) is 54.1 Å². The molecule has 2 rings (SSSR count). The van der Waals surface area contributed by atoms with Crippen molar-refractivity contribution in [3.8, 4) is 0 Å². The number of carbonyl (C=O) groups excluding carboxylic acids is 1. The van der Waals surface area contributed by atoms with Crippen molar-refractivity contribution in [2.75, 3.05) is 13.7 Å². The maximum Gasteiger partial charge on any atom is 0.508 e. The van der Waals surface area contributed by atoms with Crippen molar-refractivity contribution in [2.45, 2.75) is 45.1 Å². The highest BCUT2D eigenvalue weighted by Gasteiger charge is 2.23. The van der Waals surface area contributed by atoms with Crippen LogP contribution < -0.4 is 4.72 Å². The molecule has 0 aliphatic heterocycles. The number of nitrogens with one attached hydrogen (secondary N) is 1. The largest absolute Gasteiger partial charge is 0.508 e. The van der Waals surface area contributed by atoms with Crippen molar-refractivity contribution in [2.24, 2.45) is 0 Å². The molecule has 0 heterocycles. The average molecular weight is 432 g/mol. The number of hydrogen-bond acceptors (Lipinski definition) is 5. The number of ether oxygens (including phenoxy) is 2. The fourth-order valence-corrected chi connectivity index (χ4v) is 5.11. The molecule has 0 spiro atoms. The van der Waals surface area contributed by atoms with Crippen LogP contribution in [0.2, 0.25) is 0 Å². The predicted molar refractivity (Wildman–Crippen MR) is 117 cm³/mol. The van der Waals surface area contributed by atoms with E-state index in [9.17, 15) is 13.2 Å². The van der Waals surface area contributed by atoms with E-state index in [0.29, 0.717) is 28.0 Å². The summed E-state index contributed by atoms with van der Waals surface area (Å²) in [4.78, 5) is 11.5. The van der Waals surface area contributed by atoms with Gasteiger partial charge in [-0.3, -0.25) is 0 Å². The first kappa shape index (κ1) is 23.6. The van der Waals surface area contributed by atoms with E-state index in [4.69, 9.17) is 4.74 Å². The van der Waals surface area contributed by atoms with E-state index in [1.165, 1.54) is 7.11 Å². The van der Waals surface area contributed by atoms with E-state index in [2.05, 4.69) is 9.46 Å². The number of benzene rings is 2. The minimum absolute atomic E-state index is 0.0161. The van der Waals surface area contributed by atoms with Crippen LogP contribution in [0.5, 0.6) is 0 Å². The molecular formula is C23H29NO5S. The molecule has 0 amide bonds. The van der Waals surface area contributed by atoms with Crippen LogP contribution in [0, 0.1) is 20.8 Å². The SMILES string of the molecule is COC(=O)OC/C(C)=C/[C@H](Cc1ccccc1)NS(=O)(=O)c1c(C)cc(C)cc1C. The summed E-state index contributed by atoms with van der Waals surface area (Å²) in [6.45, 7) is 7.33. The van der Waals surface area contributed by atoms with Gasteiger partial charge in [-0.15, -0.1) is 0 Å². The molecule has 0 unspecified atom stereocenters. The van der Waals surface area contributed by atoms with E-state index in [1.807, 2.05) is 49.4 Å². The van der Waals surface area contributed by atoms with Crippen LogP contribution in [0.3, 0.4) is 0 Å². The van der Waals surface area contributed by atoms with Crippen LogP contribution in [0.4, 0.5) is 4.79 Å². The molecule has 0 aliphatic rings. The second-order valence-corrected chi connectivity index (χ2v) is 9.05. The van der Waals surface area contributed by atoms with Gasteiger partial charge in [0.1, 0.15) is 6.61 Å². The predicted octanol–water partition coefficient (Wildman–Crippen LogP) is 4.23. The van der Waals surface area contributed by atoms with Gasteiger partial charge in [-0.25, -0.2) is 17.9 Å². The van der Waals surface area contributed by atoms with Crippen LogP contribution in [0.1, 0.15) is 29.2 Å². The van der Waals surface area contributed by atoms with Crippen LogP contribution >= 0.6 is 0 Å². The Labute approximate surface area is 179 Å². The Balaban J connectivity index is 2.33. The number of hydrogen-bond donors (Lipinski definition) is 1. The second kappa shape index (κ2) is 10.4. The minimum Gasteiger partial charge on any atom is -0.438 e. The molecule has 6 nitrogen and oxygen atoms in total. The van der Waals surface area contributed by atoms with E-state index in [1.54, 1.807) is 26.8 Å². The van der Waals surface area contributed by atoms with Crippen molar-refractivity contribution >= 4 is 16.2 Å². The van der Waals surface area contributed by atoms with Crippen molar-refractivity contribution in [3.63, 3.8) is 0 Å². The lowest BCUT2D eigenvalue weighted by atomic mass is 10.0. The standard InChI is InChI=1S/C23H29NO5S/c1-16-11-18(3)22(19(4)12-16)30(26,27)24-21(14-20-9-7-6-8-10-20)13-17(2)15-29-23(25)28-5/h6-13,21,24H,14-15H2,1-5H3/b17-13+/t21-/m1/s1. The summed E-state index contributed by atoms with van der Waals surface area (Å²) in [5.41, 5.74) is 4.11. The normalized spacial score (nSPS) is 13.0. The molecule has 0 bridgehead atoms. The number of aryl methyl sites for hydroxylation is 3. The highest BCUT2D eigenvalue weighted by atomic mass is 32.2. The van der Waals surface area contributed by atoms with Gasteiger partial charge in [0, 0.05) is 6.04 Å². The summed E-state index contributed by atoms with van der Waals surface area (Å²) in [6.07, 6.45) is 1.44. The highest BCUT2D eigenvalue weighted by Crippen LogP contribution is 2.22. The zero-order valence-electron chi connectivity index (χ0n) is 18.1. The van der Waals surface area contributed by atoms with Gasteiger partial charge < -0.3 is 9.47 Å². The highest BCUT2D eigenvalue weighted by molar-refractivity contribution is 7.89. The summed E-state index contributed by atoms with van der Waals surface area (Å²) >= 11 is 0. The van der Waals surface area contributed by atoms with Crippen LogP contribution in [0.15, 0.2) is 59.0 Å². The molecule has 0 radical (unpaired) electrons. The third-order valence-electron chi connectivity index (χ3n) is 4.55. The quantitative estimate of drug-likeness (QED) is 0.500. The second-order valence-electron chi connectivity index (χ2n) is 7.40. The van der Waals surface area contributed by atoms with Crippen LogP contribution in [-0.2, 0) is 25.9 Å². The zero-order chi connectivity index (χ0) is 22.3. The average Bonchev–Trinajstić information content (AvgIpc) is 2.65. The first-order valence-corrected chi connectivity index (χ1v) is 11.1. The number of rotatable bonds is 8. The molecule has 2 aromatic carbocycles. The van der Waals surface area contributed by atoms with Gasteiger partial charge >= 0.3 is 6.16 Å². The topological polar surface area (TPSA) is 81.7 Å². The Kier molecular flexibility index (Phi) is 8.20. The molecule has 1 atom stereocenters. The van der Waals surface area contributed by atoms with Gasteiger partial charge in [0.15, 0.2) is 0 Å². The smallest absolute Gasteiger partial charge is 0.438 e. The lowest BCUT2D eigenvalue weighted by Gasteiger charge is -2.19. The molecule has 2 aromatic rings. The Morgan fingerprint density at radius 2 is 1.70 bits per heavy atom. The Bertz CT molecular complexity index is 990. The fraction of sp³-hybridized carbons (Fsp3) is 0.348. The molecular weight excluding hydrogens is 402 g/mol. The summed E-state index contributed by atoms with van der Waals surface area (Å²) in [7, 11) is -2.53. The van der Waals surface area contributed by atoms with Crippen molar-refractivity contribution in [1.82, 2.24) is 4.72 Å². The van der Waals surface area contributed by atoms with Gasteiger partial charge in [0.2, 0.25) is 10.0 Å². The molecule has 7 heteroatoms. The first-order chi connectivity index (χ1) is 14.1. The molecule has 162 valence electrons. The zero-order valence-corrected chi connectivity index (χ0v) is 18.9. The summed E-state index contributed by atoms with van der Waals surface area (Å²) in [5.74, 6) is 0. The van der Waals surface area contributed by atoms with E-state index in [-0.39, 0.29) is 6.61 Å². The van der Waals surface area contributed by atoms with E-state index in [0.717, 1.165) is 11.1 Å². The lowest BCUT2D eigenvalue weighted by molar-refractivity contribution is 0.0798. The molecule has 0 saturated carbocycles. The Hall–Kier alpha value is -2.64. The molecule has 0 aliphatic carbocycles. The third-order valence-corrected chi connectivity index (χ3v) is 6.34. The van der Waals surface area contributed by atoms with Gasteiger partial charge in [-0.2, -0.15) is 0 Å². The van der Waals surface area contributed by atoms with Crippen molar-refractivity contribution < 1.29 is 22.7 Å². The lowest BCUT2D eigenvalue weighted by Crippen LogP contribution is -2.36. The van der Waals surface area contributed by atoms with Gasteiger partial charge in [-0.05, 0) is 56.4 Å². The number of methoxy groups -OCH3 is 1. The third kappa shape index (κ3) is 6.71. The monoisotopic (exact) mass is 431 g/mol. The van der Waals surface area contributed by atoms with Gasteiger partial charge in [0.25, 0.3) is 0 Å². The summed E-state index contributed by atoms with van der Waals surface area (Å²) in [5, 5.41) is 0. The van der Waals surface area contributed by atoms with Gasteiger partial charge in [0.05, 0.1) is 12.0 Å². The molecule has 0 saturated heterocycles. The molecule has 1 N–H and O–H groups in total. The molecule has 30 heavy (non-hydrogen) atoms. The number of carbonyl (C=O) groups is 1. The van der Waals surface area contributed by atoms with Crippen molar-refractivity contribution in [3.05, 3.63) is 76.4 Å². The summed E-state index contributed by atoms with van der Waals surface area (Å²) in [6, 6.07) is 12.8. The van der Waals surface area contributed by atoms with Crippen LogP contribution in [0.25, 0.3) is 0 Å². The molecule has 0 fully saturated rings. The summed E-state index contributed by atoms with van der Waals surface area (Å²) < 4.78 is 38.7. The maximum atomic E-state index is 13.2. The van der Waals surface area contributed by atoms with Crippen molar-refractivity contribution in [1.29, 1.82) is 0 Å². The Morgan fingerprint density at radius 1 is 1.10 bits per heavy atom. The van der Waals surface area contributed by atoms with Crippen LogP contribution in [-0.4, -0.2) is 34.3 Å². The van der Waals surface area contributed by atoms with E-state index >= 15 is 0 Å².